The topological polar surface area (TPSA) is 112 Å². The van der Waals surface area contributed by atoms with E-state index < -0.39 is 20.8 Å². The summed E-state index contributed by atoms with van der Waals surface area (Å²) in [7, 11) is -4.48. The van der Waals surface area contributed by atoms with Crippen molar-refractivity contribution in [3.8, 4) is 11.4 Å². The van der Waals surface area contributed by atoms with Gasteiger partial charge < -0.3 is 5.11 Å². The number of nitrogens with zero attached hydrogens (tertiary/aromatic N) is 1. The van der Waals surface area contributed by atoms with Crippen LogP contribution in [0, 0.1) is 6.92 Å². The SMILES string of the molecule is Cc1cc(=O)n(-c2ccc(S(=O)(=O)O)c(O)c2)[nH]1. The highest BCUT2D eigenvalue weighted by Crippen LogP contribution is 2.24. The molecular formula is C10H10N2O5S. The molecule has 18 heavy (non-hydrogen) atoms. The second-order valence-corrected chi connectivity index (χ2v) is 5.13. The molecule has 2 aromatic rings. The molecule has 0 saturated heterocycles. The number of phenolic OH excluding ortho intramolecular Hbond substituents is 1. The third kappa shape index (κ3) is 2.15. The average Bonchev–Trinajstić information content (AvgIpc) is 2.55. The Morgan fingerprint density at radius 3 is 2.39 bits per heavy atom. The Labute approximate surface area is 102 Å². The lowest BCUT2D eigenvalue weighted by molar-refractivity contribution is 0.443. The number of hydrogen-bond donors (Lipinski definition) is 3. The van der Waals surface area contributed by atoms with Crippen molar-refractivity contribution in [1.82, 2.24) is 9.78 Å². The van der Waals surface area contributed by atoms with Gasteiger partial charge in [0.1, 0.15) is 10.6 Å². The van der Waals surface area contributed by atoms with Crippen LogP contribution in [0.3, 0.4) is 0 Å². The zero-order valence-corrected chi connectivity index (χ0v) is 10.1. The summed E-state index contributed by atoms with van der Waals surface area (Å²) in [4.78, 5) is 10.9. The second-order valence-electron chi connectivity index (χ2n) is 3.74. The minimum Gasteiger partial charge on any atom is -0.506 e. The lowest BCUT2D eigenvalue weighted by Gasteiger charge is -2.05. The second kappa shape index (κ2) is 4.00. The Hall–Kier alpha value is -2.06. The van der Waals surface area contributed by atoms with Crippen LogP contribution < -0.4 is 5.56 Å². The van der Waals surface area contributed by atoms with Crippen LogP contribution in [0.25, 0.3) is 5.69 Å². The number of aromatic hydroxyl groups is 1. The Kier molecular flexibility index (Phi) is 2.76. The highest BCUT2D eigenvalue weighted by molar-refractivity contribution is 7.86. The van der Waals surface area contributed by atoms with E-state index in [4.69, 9.17) is 4.55 Å². The van der Waals surface area contributed by atoms with Crippen molar-refractivity contribution in [3.63, 3.8) is 0 Å². The van der Waals surface area contributed by atoms with Gasteiger partial charge in [0.05, 0.1) is 5.69 Å². The quantitative estimate of drug-likeness (QED) is 0.685. The number of hydrogen-bond acceptors (Lipinski definition) is 4. The molecule has 0 atom stereocenters. The molecule has 1 aromatic heterocycles. The zero-order valence-electron chi connectivity index (χ0n) is 9.28. The molecule has 96 valence electrons. The smallest absolute Gasteiger partial charge is 0.298 e. The molecule has 0 bridgehead atoms. The fraction of sp³-hybridized carbons (Fsp3) is 0.100. The number of benzene rings is 1. The monoisotopic (exact) mass is 270 g/mol. The van der Waals surface area contributed by atoms with Crippen molar-refractivity contribution in [3.05, 3.63) is 40.3 Å². The number of aryl methyl sites for hydroxylation is 1. The van der Waals surface area contributed by atoms with Crippen LogP contribution in [0.4, 0.5) is 0 Å². The first-order valence-corrected chi connectivity index (χ1v) is 6.32. The maximum atomic E-state index is 11.5. The third-order valence-electron chi connectivity index (χ3n) is 2.33. The van der Waals surface area contributed by atoms with Crippen molar-refractivity contribution in [2.45, 2.75) is 11.8 Å². The van der Waals surface area contributed by atoms with Gasteiger partial charge in [0.15, 0.2) is 0 Å². The summed E-state index contributed by atoms with van der Waals surface area (Å²) >= 11 is 0. The molecule has 2 rings (SSSR count). The molecule has 1 heterocycles. The van der Waals surface area contributed by atoms with E-state index >= 15 is 0 Å². The van der Waals surface area contributed by atoms with Crippen molar-refractivity contribution >= 4 is 10.1 Å². The molecule has 0 aliphatic rings. The van der Waals surface area contributed by atoms with Gasteiger partial charge in [0.2, 0.25) is 0 Å². The van der Waals surface area contributed by atoms with Crippen LogP contribution in [0.2, 0.25) is 0 Å². The van der Waals surface area contributed by atoms with Gasteiger partial charge in [-0.2, -0.15) is 8.42 Å². The summed E-state index contributed by atoms with van der Waals surface area (Å²) < 4.78 is 31.8. The van der Waals surface area contributed by atoms with E-state index in [0.717, 1.165) is 16.8 Å². The lowest BCUT2D eigenvalue weighted by atomic mass is 10.3. The van der Waals surface area contributed by atoms with Crippen LogP contribution in [-0.4, -0.2) is 27.9 Å². The minimum atomic E-state index is -4.48. The molecule has 0 radical (unpaired) electrons. The van der Waals surface area contributed by atoms with Crippen LogP contribution in [0.15, 0.2) is 34.0 Å². The van der Waals surface area contributed by atoms with E-state index in [1.165, 1.54) is 12.1 Å². The Balaban J connectivity index is 2.60. The fourth-order valence-electron chi connectivity index (χ4n) is 1.57. The normalized spacial score (nSPS) is 11.7. The van der Waals surface area contributed by atoms with Gasteiger partial charge in [0, 0.05) is 17.8 Å². The maximum absolute atomic E-state index is 11.5. The first-order chi connectivity index (χ1) is 8.29. The molecule has 3 N–H and O–H groups in total. The van der Waals surface area contributed by atoms with Crippen molar-refractivity contribution in [2.24, 2.45) is 0 Å². The third-order valence-corrected chi connectivity index (χ3v) is 3.23. The van der Waals surface area contributed by atoms with Crippen molar-refractivity contribution in [1.29, 1.82) is 0 Å². The van der Waals surface area contributed by atoms with E-state index in [1.807, 2.05) is 0 Å². The summed E-state index contributed by atoms with van der Waals surface area (Å²) in [5, 5.41) is 12.2. The number of aromatic amines is 1. The Morgan fingerprint density at radius 2 is 1.94 bits per heavy atom. The lowest BCUT2D eigenvalue weighted by Crippen LogP contribution is -2.13. The van der Waals surface area contributed by atoms with Gasteiger partial charge in [-0.15, -0.1) is 0 Å². The number of nitrogens with one attached hydrogen (secondary N) is 1. The molecule has 0 unspecified atom stereocenters. The number of phenols is 1. The van der Waals surface area contributed by atoms with Gasteiger partial charge in [0.25, 0.3) is 15.7 Å². The molecule has 8 heteroatoms. The standard InChI is InChI=1S/C10H10N2O5S/c1-6-4-10(14)12(11-6)7-2-3-9(8(13)5-7)18(15,16)17/h2-5,11,13H,1H3,(H,15,16,17). The molecule has 0 fully saturated rings. The number of rotatable bonds is 2. The number of aromatic nitrogens is 2. The van der Waals surface area contributed by atoms with Crippen LogP contribution in [0.1, 0.15) is 5.69 Å². The van der Waals surface area contributed by atoms with Gasteiger partial charge in [-0.05, 0) is 19.1 Å². The van der Waals surface area contributed by atoms with Crippen LogP contribution in [0.5, 0.6) is 5.75 Å². The zero-order chi connectivity index (χ0) is 13.5. The van der Waals surface area contributed by atoms with E-state index in [2.05, 4.69) is 5.10 Å². The summed E-state index contributed by atoms with van der Waals surface area (Å²) in [6, 6.07) is 4.73. The summed E-state index contributed by atoms with van der Waals surface area (Å²) in [6.07, 6.45) is 0. The molecule has 0 saturated carbocycles. The maximum Gasteiger partial charge on any atom is 0.298 e. The molecule has 1 aromatic carbocycles. The van der Waals surface area contributed by atoms with Gasteiger partial charge >= 0.3 is 0 Å². The predicted molar refractivity (Wildman–Crippen MR) is 62.6 cm³/mol. The van der Waals surface area contributed by atoms with Crippen molar-refractivity contribution in [2.75, 3.05) is 0 Å². The van der Waals surface area contributed by atoms with Gasteiger partial charge in [-0.3, -0.25) is 14.4 Å². The molecule has 0 aliphatic carbocycles. The molecule has 0 amide bonds. The van der Waals surface area contributed by atoms with E-state index in [9.17, 15) is 18.3 Å². The van der Waals surface area contributed by atoms with E-state index in [1.54, 1.807) is 6.92 Å². The predicted octanol–water partition coefficient (Wildman–Crippen LogP) is 0.426. The average molecular weight is 270 g/mol. The number of H-pyrrole nitrogens is 1. The van der Waals surface area contributed by atoms with E-state index in [0.29, 0.717) is 5.69 Å². The summed E-state index contributed by atoms with van der Waals surface area (Å²) in [6.45, 7) is 1.68. The molecular weight excluding hydrogens is 260 g/mol. The van der Waals surface area contributed by atoms with E-state index in [-0.39, 0.29) is 11.2 Å². The fourth-order valence-corrected chi connectivity index (χ4v) is 2.13. The molecule has 0 spiro atoms. The minimum absolute atomic E-state index is 0.262. The highest BCUT2D eigenvalue weighted by Gasteiger charge is 2.16. The first-order valence-electron chi connectivity index (χ1n) is 4.88. The van der Waals surface area contributed by atoms with Crippen molar-refractivity contribution < 1.29 is 18.1 Å². The summed E-state index contributed by atoms with van der Waals surface area (Å²) in [5.74, 6) is -0.630. The molecule has 7 nitrogen and oxygen atoms in total. The first kappa shape index (κ1) is 12.4. The Bertz CT molecular complexity index is 757. The molecule has 0 aliphatic heterocycles. The van der Waals surface area contributed by atoms with Crippen LogP contribution in [-0.2, 0) is 10.1 Å². The van der Waals surface area contributed by atoms with Gasteiger partial charge in [-0.1, -0.05) is 0 Å². The van der Waals surface area contributed by atoms with Gasteiger partial charge in [-0.25, -0.2) is 4.68 Å². The summed E-state index contributed by atoms with van der Waals surface area (Å²) in [5.41, 5.74) is 0.544. The largest absolute Gasteiger partial charge is 0.506 e. The van der Waals surface area contributed by atoms with Crippen LogP contribution >= 0.6 is 0 Å². The highest BCUT2D eigenvalue weighted by atomic mass is 32.2. The Morgan fingerprint density at radius 1 is 1.28 bits per heavy atom.